The van der Waals surface area contributed by atoms with Crippen molar-refractivity contribution in [2.45, 2.75) is 19.3 Å². The summed E-state index contributed by atoms with van der Waals surface area (Å²) in [6.45, 7) is 0. The maximum absolute atomic E-state index is 13.2. The minimum absolute atomic E-state index is 0.162. The Bertz CT molecular complexity index is 1370. The van der Waals surface area contributed by atoms with E-state index in [1.807, 2.05) is 42.5 Å². The first kappa shape index (κ1) is 22.7. The predicted molar refractivity (Wildman–Crippen MR) is 133 cm³/mol. The molecule has 0 fully saturated rings. The Kier molecular flexibility index (Phi) is 6.24. The van der Waals surface area contributed by atoms with Gasteiger partial charge in [0, 0.05) is 16.6 Å². The topological polar surface area (TPSA) is 94.5 Å². The third-order valence-electron chi connectivity index (χ3n) is 5.90. The molecule has 0 bridgehead atoms. The number of hydrogen-bond acceptors (Lipinski definition) is 6. The van der Waals surface area contributed by atoms with E-state index in [-0.39, 0.29) is 11.6 Å². The number of aromatic nitrogens is 2. The van der Waals surface area contributed by atoms with Gasteiger partial charge in [-0.05, 0) is 60.7 Å². The van der Waals surface area contributed by atoms with E-state index >= 15 is 0 Å². The molecule has 178 valence electrons. The lowest BCUT2D eigenvalue weighted by molar-refractivity contribution is 0.0846. The number of carbonyl (C=O) groups excluding carboxylic acids is 2. The van der Waals surface area contributed by atoms with Gasteiger partial charge in [0.05, 0.1) is 24.8 Å². The van der Waals surface area contributed by atoms with Crippen LogP contribution in [-0.2, 0) is 12.8 Å². The molecule has 5 rings (SSSR count). The summed E-state index contributed by atoms with van der Waals surface area (Å²) in [7, 11) is 3.12. The first-order valence-electron chi connectivity index (χ1n) is 11.2. The Morgan fingerprint density at radius 3 is 2.46 bits per heavy atom. The Labute approximate surface area is 206 Å². The molecule has 8 nitrogen and oxygen atoms in total. The number of hydrazine groups is 1. The zero-order valence-corrected chi connectivity index (χ0v) is 20.1. The lowest BCUT2D eigenvalue weighted by Gasteiger charge is -2.10. The van der Waals surface area contributed by atoms with Crippen molar-refractivity contribution in [1.29, 1.82) is 0 Å². The molecule has 2 aromatic heterocycles. The molecule has 0 aliphatic heterocycles. The fourth-order valence-electron chi connectivity index (χ4n) is 4.14. The summed E-state index contributed by atoms with van der Waals surface area (Å²) < 4.78 is 12.4. The highest BCUT2D eigenvalue weighted by Crippen LogP contribution is 2.34. The third-order valence-corrected chi connectivity index (χ3v) is 7.14. The quantitative estimate of drug-likeness (QED) is 0.397. The number of benzene rings is 2. The summed E-state index contributed by atoms with van der Waals surface area (Å²) >= 11 is 1.48. The summed E-state index contributed by atoms with van der Waals surface area (Å²) in [6.07, 6.45) is 4.91. The molecule has 1 aliphatic rings. The standard InChI is InChI=1S/C26H24N4O4S/c1-33-20-12-11-16(13-21(20)34-2)19-15-30(18-8-4-3-5-9-18)29-24(19)26(32)28-27-25(31)23-14-17-7-6-10-22(17)35-23/h3-5,8-9,11-15H,6-7,10H2,1-2H3,(H,27,31)(H,28,32). The van der Waals surface area contributed by atoms with Gasteiger partial charge in [0.1, 0.15) is 0 Å². The molecule has 2 amide bonds. The Hall–Kier alpha value is -4.11. The SMILES string of the molecule is COc1ccc(-c2cn(-c3ccccc3)nc2C(=O)NNC(=O)c2cc3c(s2)CCC3)cc1OC. The molecular weight excluding hydrogens is 464 g/mol. The van der Waals surface area contributed by atoms with E-state index in [9.17, 15) is 9.59 Å². The number of thiophene rings is 1. The van der Waals surface area contributed by atoms with Crippen LogP contribution in [0.3, 0.4) is 0 Å². The van der Waals surface area contributed by atoms with Crippen molar-refractivity contribution < 1.29 is 19.1 Å². The van der Waals surface area contributed by atoms with Gasteiger partial charge in [-0.2, -0.15) is 5.10 Å². The normalized spacial score (nSPS) is 12.2. The van der Waals surface area contributed by atoms with Gasteiger partial charge in [0.2, 0.25) is 0 Å². The fourth-order valence-corrected chi connectivity index (χ4v) is 5.29. The number of methoxy groups -OCH3 is 2. The van der Waals surface area contributed by atoms with Crippen molar-refractivity contribution in [2.24, 2.45) is 0 Å². The van der Waals surface area contributed by atoms with Gasteiger partial charge in [0.25, 0.3) is 11.8 Å². The van der Waals surface area contributed by atoms with Crippen LogP contribution in [0.15, 0.2) is 60.8 Å². The smallest absolute Gasteiger partial charge is 0.290 e. The van der Waals surface area contributed by atoms with Crippen LogP contribution in [0.4, 0.5) is 0 Å². The van der Waals surface area contributed by atoms with E-state index in [0.29, 0.717) is 21.9 Å². The van der Waals surface area contributed by atoms with Gasteiger partial charge in [-0.15, -0.1) is 11.3 Å². The zero-order valence-electron chi connectivity index (χ0n) is 19.3. The van der Waals surface area contributed by atoms with Crippen molar-refractivity contribution >= 4 is 23.2 Å². The highest BCUT2D eigenvalue weighted by atomic mass is 32.1. The second-order valence-electron chi connectivity index (χ2n) is 8.06. The van der Waals surface area contributed by atoms with Crippen LogP contribution in [0.5, 0.6) is 11.5 Å². The summed E-state index contributed by atoms with van der Waals surface area (Å²) in [5.41, 5.74) is 8.54. The van der Waals surface area contributed by atoms with Crippen LogP contribution in [-0.4, -0.2) is 35.8 Å². The number of nitrogens with zero attached hydrogens (tertiary/aromatic N) is 2. The number of para-hydroxylation sites is 1. The lowest BCUT2D eigenvalue weighted by Crippen LogP contribution is -2.41. The van der Waals surface area contributed by atoms with Crippen molar-refractivity contribution in [1.82, 2.24) is 20.6 Å². The molecule has 1 aliphatic carbocycles. The second-order valence-corrected chi connectivity index (χ2v) is 9.20. The number of rotatable bonds is 6. The maximum atomic E-state index is 13.2. The summed E-state index contributed by atoms with van der Waals surface area (Å²) in [5.74, 6) is 0.241. The molecule has 2 N–H and O–H groups in total. The Morgan fingerprint density at radius 2 is 1.71 bits per heavy atom. The van der Waals surface area contributed by atoms with Crippen LogP contribution < -0.4 is 20.3 Å². The summed E-state index contributed by atoms with van der Waals surface area (Å²) in [4.78, 5) is 27.7. The van der Waals surface area contributed by atoms with Crippen molar-refractivity contribution in [3.63, 3.8) is 0 Å². The second kappa shape index (κ2) is 9.63. The largest absolute Gasteiger partial charge is 0.493 e. The number of nitrogens with one attached hydrogen (secondary N) is 2. The minimum atomic E-state index is -0.526. The number of ether oxygens (including phenoxy) is 2. The highest BCUT2D eigenvalue weighted by Gasteiger charge is 2.22. The van der Waals surface area contributed by atoms with Gasteiger partial charge in [-0.25, -0.2) is 4.68 Å². The molecule has 35 heavy (non-hydrogen) atoms. The van der Waals surface area contributed by atoms with Gasteiger partial charge in [-0.1, -0.05) is 24.3 Å². The van der Waals surface area contributed by atoms with Gasteiger partial charge >= 0.3 is 0 Å². The lowest BCUT2D eigenvalue weighted by atomic mass is 10.1. The van der Waals surface area contributed by atoms with E-state index in [0.717, 1.165) is 30.5 Å². The molecule has 2 aromatic carbocycles. The van der Waals surface area contributed by atoms with Crippen molar-refractivity contribution in [2.75, 3.05) is 14.2 Å². The molecule has 0 saturated heterocycles. The van der Waals surface area contributed by atoms with Crippen LogP contribution in [0.25, 0.3) is 16.8 Å². The van der Waals surface area contributed by atoms with Crippen LogP contribution in [0, 0.1) is 0 Å². The third kappa shape index (κ3) is 4.50. The first-order valence-corrected chi connectivity index (χ1v) is 12.0. The molecule has 0 radical (unpaired) electrons. The fraction of sp³-hybridized carbons (Fsp3) is 0.192. The molecule has 4 aromatic rings. The number of aryl methyl sites for hydroxylation is 2. The van der Waals surface area contributed by atoms with Crippen LogP contribution in [0.2, 0.25) is 0 Å². The number of amides is 2. The van der Waals surface area contributed by atoms with E-state index < -0.39 is 5.91 Å². The van der Waals surface area contributed by atoms with Gasteiger partial charge in [-0.3, -0.25) is 20.4 Å². The molecule has 9 heteroatoms. The molecule has 0 saturated carbocycles. The molecular formula is C26H24N4O4S. The van der Waals surface area contributed by atoms with E-state index in [4.69, 9.17) is 9.47 Å². The Balaban J connectivity index is 1.44. The average molecular weight is 489 g/mol. The zero-order chi connectivity index (χ0) is 24.4. The number of fused-ring (bicyclic) bond motifs is 1. The van der Waals surface area contributed by atoms with E-state index in [1.54, 1.807) is 37.2 Å². The molecule has 2 heterocycles. The molecule has 0 unspecified atom stereocenters. The van der Waals surface area contributed by atoms with E-state index in [1.165, 1.54) is 21.8 Å². The Morgan fingerprint density at radius 1 is 0.943 bits per heavy atom. The van der Waals surface area contributed by atoms with Gasteiger partial charge in [0.15, 0.2) is 17.2 Å². The predicted octanol–water partition coefficient (Wildman–Crippen LogP) is 4.18. The van der Waals surface area contributed by atoms with E-state index in [2.05, 4.69) is 16.0 Å². The summed E-state index contributed by atoms with van der Waals surface area (Å²) in [6, 6.07) is 16.8. The molecule has 0 spiro atoms. The minimum Gasteiger partial charge on any atom is -0.493 e. The van der Waals surface area contributed by atoms with Gasteiger partial charge < -0.3 is 9.47 Å². The summed E-state index contributed by atoms with van der Waals surface area (Å²) in [5, 5.41) is 4.53. The van der Waals surface area contributed by atoms with Crippen molar-refractivity contribution in [3.05, 3.63) is 81.8 Å². The van der Waals surface area contributed by atoms with Crippen molar-refractivity contribution in [3.8, 4) is 28.3 Å². The number of carbonyl (C=O) groups is 2. The number of hydrogen-bond donors (Lipinski definition) is 2. The van der Waals surface area contributed by atoms with Crippen LogP contribution in [0.1, 0.15) is 37.0 Å². The average Bonchev–Trinajstić information content (AvgIpc) is 3.62. The van der Waals surface area contributed by atoms with Crippen LogP contribution >= 0.6 is 11.3 Å². The highest BCUT2D eigenvalue weighted by molar-refractivity contribution is 7.14. The first-order chi connectivity index (χ1) is 17.1. The maximum Gasteiger partial charge on any atom is 0.290 e. The molecule has 0 atom stereocenters. The monoisotopic (exact) mass is 488 g/mol.